The van der Waals surface area contributed by atoms with Crippen LogP contribution in [0.5, 0.6) is 0 Å². The van der Waals surface area contributed by atoms with Crippen LogP contribution in [0.3, 0.4) is 0 Å². The lowest BCUT2D eigenvalue weighted by Gasteiger charge is -2.39. The second-order valence-electron chi connectivity index (χ2n) is 6.25. The molecule has 0 spiro atoms. The molecule has 1 fully saturated rings. The van der Waals surface area contributed by atoms with Gasteiger partial charge in [-0.1, -0.05) is 31.6 Å². The molecular formula is C18H28O2. The van der Waals surface area contributed by atoms with Gasteiger partial charge in [0.15, 0.2) is 0 Å². The summed E-state index contributed by atoms with van der Waals surface area (Å²) in [5.41, 5.74) is 1.66. The van der Waals surface area contributed by atoms with Crippen LogP contribution in [0.15, 0.2) is 36.5 Å². The SMILES string of the molecule is C=C[C@@]1(O)CCCC[C@@H]1C(=C)COCC1=CCCCC1. The van der Waals surface area contributed by atoms with Crippen molar-refractivity contribution in [3.63, 3.8) is 0 Å². The quantitative estimate of drug-likeness (QED) is 0.738. The zero-order chi connectivity index (χ0) is 14.4. The first kappa shape index (κ1) is 15.5. The van der Waals surface area contributed by atoms with Crippen molar-refractivity contribution in [2.45, 2.75) is 57.0 Å². The topological polar surface area (TPSA) is 29.5 Å². The first-order valence-corrected chi connectivity index (χ1v) is 7.95. The predicted molar refractivity (Wildman–Crippen MR) is 83.6 cm³/mol. The van der Waals surface area contributed by atoms with Crippen LogP contribution in [-0.2, 0) is 4.74 Å². The van der Waals surface area contributed by atoms with Crippen LogP contribution in [0.4, 0.5) is 0 Å². The number of hydrogen-bond acceptors (Lipinski definition) is 2. The van der Waals surface area contributed by atoms with Gasteiger partial charge in [-0.15, -0.1) is 6.58 Å². The normalized spacial score (nSPS) is 30.6. The van der Waals surface area contributed by atoms with E-state index in [0.717, 1.165) is 37.9 Å². The highest BCUT2D eigenvalue weighted by Crippen LogP contribution is 2.38. The molecule has 2 heteroatoms. The van der Waals surface area contributed by atoms with Gasteiger partial charge in [-0.2, -0.15) is 0 Å². The molecule has 0 heterocycles. The van der Waals surface area contributed by atoms with Crippen molar-refractivity contribution < 1.29 is 9.84 Å². The molecule has 2 nitrogen and oxygen atoms in total. The molecule has 0 aromatic heterocycles. The van der Waals surface area contributed by atoms with Gasteiger partial charge in [0.2, 0.25) is 0 Å². The van der Waals surface area contributed by atoms with Gasteiger partial charge in [0.05, 0.1) is 18.8 Å². The van der Waals surface area contributed by atoms with Gasteiger partial charge < -0.3 is 9.84 Å². The van der Waals surface area contributed by atoms with Gasteiger partial charge in [0.1, 0.15) is 0 Å². The highest BCUT2D eigenvalue weighted by Gasteiger charge is 2.37. The maximum atomic E-state index is 10.6. The summed E-state index contributed by atoms with van der Waals surface area (Å²) in [5.74, 6) is 0.106. The summed E-state index contributed by atoms with van der Waals surface area (Å²) in [5, 5.41) is 10.6. The number of rotatable bonds is 6. The molecule has 1 N–H and O–H groups in total. The van der Waals surface area contributed by atoms with E-state index >= 15 is 0 Å². The van der Waals surface area contributed by atoms with Gasteiger partial charge in [-0.05, 0) is 49.7 Å². The molecule has 0 amide bonds. The highest BCUT2D eigenvalue weighted by molar-refractivity contribution is 5.16. The molecule has 2 atom stereocenters. The minimum atomic E-state index is -0.775. The van der Waals surface area contributed by atoms with E-state index in [9.17, 15) is 5.11 Å². The van der Waals surface area contributed by atoms with Gasteiger partial charge in [-0.25, -0.2) is 0 Å². The Bertz CT molecular complexity index is 383. The molecule has 0 saturated heterocycles. The van der Waals surface area contributed by atoms with Crippen molar-refractivity contribution in [2.24, 2.45) is 5.92 Å². The third kappa shape index (κ3) is 3.83. The first-order valence-electron chi connectivity index (χ1n) is 7.95. The van der Waals surface area contributed by atoms with Crippen molar-refractivity contribution in [3.8, 4) is 0 Å². The standard InChI is InChI=1S/C18H28O2/c1-3-18(19)12-8-7-11-17(18)15(2)13-20-14-16-9-5-4-6-10-16/h3,9,17,19H,1-2,4-8,10-14H2/t17-,18-/m1/s1. The number of allylic oxidation sites excluding steroid dienone is 1. The summed E-state index contributed by atoms with van der Waals surface area (Å²) >= 11 is 0. The molecule has 1 saturated carbocycles. The van der Waals surface area contributed by atoms with Crippen LogP contribution < -0.4 is 0 Å². The van der Waals surface area contributed by atoms with E-state index in [1.165, 1.54) is 31.3 Å². The lowest BCUT2D eigenvalue weighted by molar-refractivity contribution is 0.00501. The van der Waals surface area contributed by atoms with Gasteiger partial charge >= 0.3 is 0 Å². The first-order chi connectivity index (χ1) is 9.65. The van der Waals surface area contributed by atoms with Crippen molar-refractivity contribution >= 4 is 0 Å². The summed E-state index contributed by atoms with van der Waals surface area (Å²) in [4.78, 5) is 0. The van der Waals surface area contributed by atoms with Crippen LogP contribution in [0, 0.1) is 5.92 Å². The Morgan fingerprint density at radius 1 is 1.40 bits per heavy atom. The van der Waals surface area contributed by atoms with Crippen LogP contribution in [-0.4, -0.2) is 23.9 Å². The number of ether oxygens (including phenoxy) is 1. The van der Waals surface area contributed by atoms with Crippen LogP contribution >= 0.6 is 0 Å². The summed E-state index contributed by atoms with van der Waals surface area (Å²) < 4.78 is 5.81. The highest BCUT2D eigenvalue weighted by atomic mass is 16.5. The average molecular weight is 276 g/mol. The van der Waals surface area contributed by atoms with Crippen molar-refractivity contribution in [1.29, 1.82) is 0 Å². The maximum absolute atomic E-state index is 10.6. The summed E-state index contributed by atoms with van der Waals surface area (Å²) in [7, 11) is 0. The molecular weight excluding hydrogens is 248 g/mol. The minimum Gasteiger partial charge on any atom is -0.385 e. The molecule has 20 heavy (non-hydrogen) atoms. The molecule has 2 aliphatic carbocycles. The fourth-order valence-corrected chi connectivity index (χ4v) is 3.43. The molecule has 0 bridgehead atoms. The second-order valence-corrected chi connectivity index (χ2v) is 6.25. The molecule has 0 unspecified atom stereocenters. The van der Waals surface area contributed by atoms with E-state index < -0.39 is 5.60 Å². The average Bonchev–Trinajstić information content (AvgIpc) is 2.48. The van der Waals surface area contributed by atoms with E-state index in [4.69, 9.17) is 4.74 Å². The third-order valence-corrected chi connectivity index (χ3v) is 4.73. The second kappa shape index (κ2) is 7.24. The molecule has 0 aliphatic heterocycles. The summed E-state index contributed by atoms with van der Waals surface area (Å²) in [6, 6.07) is 0. The number of aliphatic hydroxyl groups is 1. The van der Waals surface area contributed by atoms with Gasteiger partial charge in [0.25, 0.3) is 0 Å². The summed E-state index contributed by atoms with van der Waals surface area (Å²) in [6.07, 6.45) is 13.0. The van der Waals surface area contributed by atoms with Gasteiger partial charge in [-0.3, -0.25) is 0 Å². The Labute approximate surface area is 123 Å². The zero-order valence-electron chi connectivity index (χ0n) is 12.6. The van der Waals surface area contributed by atoms with E-state index in [1.54, 1.807) is 6.08 Å². The zero-order valence-corrected chi connectivity index (χ0v) is 12.6. The Balaban J connectivity index is 1.81. The van der Waals surface area contributed by atoms with E-state index in [2.05, 4.69) is 19.2 Å². The third-order valence-electron chi connectivity index (χ3n) is 4.73. The lowest BCUT2D eigenvalue weighted by atomic mass is 9.72. The Morgan fingerprint density at radius 2 is 2.25 bits per heavy atom. The summed E-state index contributed by atoms with van der Waals surface area (Å²) in [6.45, 7) is 9.23. The van der Waals surface area contributed by atoms with Crippen molar-refractivity contribution in [3.05, 3.63) is 36.5 Å². The monoisotopic (exact) mass is 276 g/mol. The van der Waals surface area contributed by atoms with Crippen LogP contribution in [0.1, 0.15) is 51.4 Å². The Morgan fingerprint density at radius 3 is 2.95 bits per heavy atom. The van der Waals surface area contributed by atoms with Crippen molar-refractivity contribution in [2.75, 3.05) is 13.2 Å². The Kier molecular flexibility index (Phi) is 5.62. The van der Waals surface area contributed by atoms with E-state index in [-0.39, 0.29) is 5.92 Å². The van der Waals surface area contributed by atoms with Gasteiger partial charge in [0, 0.05) is 5.92 Å². The smallest absolute Gasteiger partial charge is 0.0890 e. The van der Waals surface area contributed by atoms with Crippen LogP contribution in [0.2, 0.25) is 0 Å². The fraction of sp³-hybridized carbons (Fsp3) is 0.667. The molecule has 112 valence electrons. The number of hydrogen-bond donors (Lipinski definition) is 1. The maximum Gasteiger partial charge on any atom is 0.0890 e. The van der Waals surface area contributed by atoms with Crippen LogP contribution in [0.25, 0.3) is 0 Å². The Hall–Kier alpha value is -0.860. The molecule has 0 aromatic carbocycles. The molecule has 2 aliphatic rings. The van der Waals surface area contributed by atoms with Crippen molar-refractivity contribution in [1.82, 2.24) is 0 Å². The molecule has 0 radical (unpaired) electrons. The lowest BCUT2D eigenvalue weighted by Crippen LogP contribution is -2.40. The molecule has 0 aromatic rings. The largest absolute Gasteiger partial charge is 0.385 e. The minimum absolute atomic E-state index is 0.106. The molecule has 2 rings (SSSR count). The predicted octanol–water partition coefficient (Wildman–Crippen LogP) is 4.17. The fourth-order valence-electron chi connectivity index (χ4n) is 3.43. The van der Waals surface area contributed by atoms with E-state index in [0.29, 0.717) is 6.61 Å². The van der Waals surface area contributed by atoms with E-state index in [1.807, 2.05) is 0 Å².